The number of nitrogens with zero attached hydrogens (tertiary/aromatic N) is 4. The number of carbonyl (C=O) groups excluding carboxylic acids is 2. The molecule has 0 aromatic heterocycles. The Balaban J connectivity index is 1.79. The largest absolute Gasteiger partial charge is 0.459 e. The number of esters is 1. The van der Waals surface area contributed by atoms with Crippen molar-refractivity contribution < 1.29 is 28.4 Å². The topological polar surface area (TPSA) is 123 Å². The van der Waals surface area contributed by atoms with Crippen LogP contribution < -0.4 is 0 Å². The van der Waals surface area contributed by atoms with Crippen molar-refractivity contribution in [2.24, 2.45) is 5.11 Å². The van der Waals surface area contributed by atoms with Crippen LogP contribution in [0.2, 0.25) is 6.32 Å². The average Bonchev–Trinajstić information content (AvgIpc) is 3.28. The Hall–Kier alpha value is -2.75. The van der Waals surface area contributed by atoms with Gasteiger partial charge in [-0.3, -0.25) is 4.90 Å². The van der Waals surface area contributed by atoms with Crippen molar-refractivity contribution >= 4 is 19.2 Å². The number of hydrogen-bond acceptors (Lipinski definition) is 7. The van der Waals surface area contributed by atoms with E-state index in [1.165, 1.54) is 4.90 Å². The van der Waals surface area contributed by atoms with Crippen molar-refractivity contribution in [2.45, 2.75) is 115 Å². The molecule has 2 saturated heterocycles. The number of benzene rings is 1. The zero-order valence-electron chi connectivity index (χ0n) is 23.7. The molecule has 2 fully saturated rings. The summed E-state index contributed by atoms with van der Waals surface area (Å²) in [6.07, 6.45) is 1.83. The maximum atomic E-state index is 13.7. The minimum Gasteiger partial charge on any atom is -0.459 e. The SMILES string of the molecule is CC(C)(C)OC(=O)N1C[C@H](N=[N+]=[N-])C[C@]1(CCCCB1OC(C)(C)C(C)(C)O1)C(=O)OCc1ccccc1. The van der Waals surface area contributed by atoms with Gasteiger partial charge in [0.05, 0.1) is 17.2 Å². The lowest BCUT2D eigenvalue weighted by molar-refractivity contribution is -0.158. The number of rotatable bonds is 9. The summed E-state index contributed by atoms with van der Waals surface area (Å²) in [5, 5.41) is 3.86. The van der Waals surface area contributed by atoms with Crippen LogP contribution in [0, 0.1) is 0 Å². The molecule has 1 amide bonds. The molecule has 0 aliphatic carbocycles. The number of unbranched alkanes of at least 4 members (excludes halogenated alkanes) is 1. The fourth-order valence-electron chi connectivity index (χ4n) is 4.87. The molecule has 0 radical (unpaired) electrons. The van der Waals surface area contributed by atoms with E-state index in [0.29, 0.717) is 25.6 Å². The van der Waals surface area contributed by atoms with Crippen molar-refractivity contribution in [3.05, 3.63) is 46.3 Å². The van der Waals surface area contributed by atoms with Gasteiger partial charge >= 0.3 is 19.2 Å². The van der Waals surface area contributed by atoms with Crippen molar-refractivity contribution in [3.63, 3.8) is 0 Å². The highest BCUT2D eigenvalue weighted by molar-refractivity contribution is 6.45. The van der Waals surface area contributed by atoms with Crippen LogP contribution >= 0.6 is 0 Å². The Morgan fingerprint density at radius 2 is 1.76 bits per heavy atom. The van der Waals surface area contributed by atoms with E-state index in [9.17, 15) is 9.59 Å². The van der Waals surface area contributed by atoms with Crippen LogP contribution in [-0.2, 0) is 30.2 Å². The molecule has 2 aliphatic heterocycles. The lowest BCUT2D eigenvalue weighted by Crippen LogP contribution is -2.55. The normalized spacial score (nSPS) is 24.1. The zero-order chi connectivity index (χ0) is 28.2. The first-order chi connectivity index (χ1) is 17.7. The summed E-state index contributed by atoms with van der Waals surface area (Å²) < 4.78 is 23.6. The third-order valence-corrected chi connectivity index (χ3v) is 7.49. The lowest BCUT2D eigenvalue weighted by Gasteiger charge is -2.37. The number of hydrogen-bond donors (Lipinski definition) is 0. The fraction of sp³-hybridized carbons (Fsp3) is 0.704. The van der Waals surface area contributed by atoms with Gasteiger partial charge in [0.15, 0.2) is 0 Å². The van der Waals surface area contributed by atoms with Gasteiger partial charge in [-0.2, -0.15) is 0 Å². The van der Waals surface area contributed by atoms with Crippen LogP contribution in [0.1, 0.15) is 79.7 Å². The van der Waals surface area contributed by atoms with E-state index in [-0.39, 0.29) is 26.7 Å². The molecule has 11 heteroatoms. The van der Waals surface area contributed by atoms with E-state index in [1.807, 2.05) is 58.0 Å². The van der Waals surface area contributed by atoms with Crippen molar-refractivity contribution in [1.29, 1.82) is 0 Å². The highest BCUT2D eigenvalue weighted by atomic mass is 16.7. The summed E-state index contributed by atoms with van der Waals surface area (Å²) >= 11 is 0. The van der Waals surface area contributed by atoms with Gasteiger partial charge in [-0.1, -0.05) is 48.3 Å². The minimum atomic E-state index is -1.31. The molecule has 1 aromatic carbocycles. The van der Waals surface area contributed by atoms with Gasteiger partial charge < -0.3 is 18.8 Å². The van der Waals surface area contributed by atoms with E-state index in [0.717, 1.165) is 5.56 Å². The van der Waals surface area contributed by atoms with Crippen LogP contribution in [0.3, 0.4) is 0 Å². The standard InChI is InChI=1S/C27H41BN4O6/c1-24(2,3)36-23(34)32-18-21(30-31-29)17-27(32,22(33)35-19-20-13-9-8-10-14-20)15-11-12-16-28-37-25(4,5)26(6,7)38-28/h8-10,13-14,21H,11-12,15-19H2,1-7H3/t21-,27-/m1/s1. The summed E-state index contributed by atoms with van der Waals surface area (Å²) in [6, 6.07) is 8.80. The van der Waals surface area contributed by atoms with Crippen LogP contribution in [0.4, 0.5) is 4.79 Å². The summed E-state index contributed by atoms with van der Waals surface area (Å²) in [5.41, 5.74) is 7.03. The number of ether oxygens (including phenoxy) is 2. The highest BCUT2D eigenvalue weighted by Gasteiger charge is 2.55. The molecule has 0 spiro atoms. The number of carbonyl (C=O) groups is 2. The number of likely N-dealkylation sites (tertiary alicyclic amines) is 1. The molecule has 1 aromatic rings. The first-order valence-corrected chi connectivity index (χ1v) is 13.3. The first-order valence-electron chi connectivity index (χ1n) is 13.3. The first kappa shape index (κ1) is 29.8. The third-order valence-electron chi connectivity index (χ3n) is 7.49. The van der Waals surface area contributed by atoms with Crippen LogP contribution in [0.5, 0.6) is 0 Å². The summed E-state index contributed by atoms with van der Waals surface area (Å²) in [6.45, 7) is 13.5. The molecular formula is C27H41BN4O6. The molecule has 2 atom stereocenters. The molecule has 0 bridgehead atoms. The van der Waals surface area contributed by atoms with Gasteiger partial charge in [-0.25, -0.2) is 9.59 Å². The molecule has 2 aliphatic rings. The van der Waals surface area contributed by atoms with Gasteiger partial charge in [0.25, 0.3) is 0 Å². The van der Waals surface area contributed by atoms with Crippen LogP contribution in [0.25, 0.3) is 10.4 Å². The van der Waals surface area contributed by atoms with E-state index in [2.05, 4.69) is 10.0 Å². The van der Waals surface area contributed by atoms with E-state index in [1.54, 1.807) is 20.8 Å². The Morgan fingerprint density at radius 3 is 2.34 bits per heavy atom. The van der Waals surface area contributed by atoms with Crippen molar-refractivity contribution in [3.8, 4) is 0 Å². The summed E-state index contributed by atoms with van der Waals surface area (Å²) in [7, 11) is -0.345. The maximum Gasteiger partial charge on any atom is 0.457 e. The van der Waals surface area contributed by atoms with Crippen LogP contribution in [-0.4, -0.2) is 59.0 Å². The van der Waals surface area contributed by atoms with E-state index in [4.69, 9.17) is 24.3 Å². The average molecular weight is 528 g/mol. The van der Waals surface area contributed by atoms with Gasteiger partial charge in [-0.05, 0) is 78.7 Å². The second-order valence-electron chi connectivity index (χ2n) is 12.2. The fourth-order valence-corrected chi connectivity index (χ4v) is 4.87. The molecular weight excluding hydrogens is 487 g/mol. The van der Waals surface area contributed by atoms with Crippen LogP contribution in [0.15, 0.2) is 35.4 Å². The second kappa shape index (κ2) is 11.6. The zero-order valence-corrected chi connectivity index (χ0v) is 23.7. The minimum absolute atomic E-state index is 0.0731. The molecule has 10 nitrogen and oxygen atoms in total. The van der Waals surface area contributed by atoms with E-state index < -0.39 is 40.4 Å². The molecule has 0 N–H and O–H groups in total. The molecule has 3 rings (SSSR count). The summed E-state index contributed by atoms with van der Waals surface area (Å²) in [5.74, 6) is -0.529. The maximum absolute atomic E-state index is 13.7. The second-order valence-corrected chi connectivity index (χ2v) is 12.2. The van der Waals surface area contributed by atoms with Crippen molar-refractivity contribution in [2.75, 3.05) is 6.54 Å². The van der Waals surface area contributed by atoms with Gasteiger partial charge in [-0.15, -0.1) is 0 Å². The van der Waals surface area contributed by atoms with Gasteiger partial charge in [0, 0.05) is 11.5 Å². The summed E-state index contributed by atoms with van der Waals surface area (Å²) in [4.78, 5) is 31.4. The number of azide groups is 1. The molecule has 0 saturated carbocycles. The third kappa shape index (κ3) is 7.01. The van der Waals surface area contributed by atoms with Crippen molar-refractivity contribution in [1.82, 2.24) is 4.90 Å². The predicted octanol–water partition coefficient (Wildman–Crippen LogP) is 6.05. The predicted molar refractivity (Wildman–Crippen MR) is 144 cm³/mol. The Kier molecular flexibility index (Phi) is 9.06. The monoisotopic (exact) mass is 528 g/mol. The Bertz CT molecular complexity index is 1020. The van der Waals surface area contributed by atoms with Gasteiger partial charge in [0.2, 0.25) is 0 Å². The molecule has 38 heavy (non-hydrogen) atoms. The molecule has 0 unspecified atom stereocenters. The van der Waals surface area contributed by atoms with E-state index >= 15 is 0 Å². The Morgan fingerprint density at radius 1 is 1.13 bits per heavy atom. The lowest BCUT2D eigenvalue weighted by atomic mass is 9.80. The smallest absolute Gasteiger partial charge is 0.457 e. The number of amides is 1. The molecule has 208 valence electrons. The molecule has 2 heterocycles. The Labute approximate surface area is 226 Å². The van der Waals surface area contributed by atoms with Gasteiger partial charge in [0.1, 0.15) is 17.7 Å². The quantitative estimate of drug-likeness (QED) is 0.0960. The highest BCUT2D eigenvalue weighted by Crippen LogP contribution is 2.40.